The van der Waals surface area contributed by atoms with Crippen molar-refractivity contribution < 1.29 is 19.4 Å². The first kappa shape index (κ1) is 17.0. The fraction of sp³-hybridized carbons (Fsp3) is 0.500. The second-order valence-electron chi connectivity index (χ2n) is 5.04. The van der Waals surface area contributed by atoms with Crippen LogP contribution in [0.5, 0.6) is 5.75 Å². The minimum absolute atomic E-state index is 0.161. The van der Waals surface area contributed by atoms with E-state index in [0.717, 1.165) is 19.3 Å². The highest BCUT2D eigenvalue weighted by Gasteiger charge is 2.15. The normalized spacial score (nSPS) is 11.8. The van der Waals surface area contributed by atoms with Crippen LogP contribution in [0, 0.1) is 6.92 Å². The van der Waals surface area contributed by atoms with Crippen molar-refractivity contribution in [1.82, 2.24) is 5.32 Å². The highest BCUT2D eigenvalue weighted by atomic mass is 16.5. The zero-order valence-corrected chi connectivity index (χ0v) is 12.8. The molecular formula is C16H23NO4. The zero-order chi connectivity index (χ0) is 15.8. The fourth-order valence-electron chi connectivity index (χ4n) is 1.94. The van der Waals surface area contributed by atoms with Crippen molar-refractivity contribution in [2.75, 3.05) is 6.54 Å². The molecule has 1 amide bonds. The molecule has 1 rings (SSSR count). The van der Waals surface area contributed by atoms with E-state index in [1.807, 2.05) is 0 Å². The molecule has 116 valence electrons. The Bertz CT molecular complexity index is 499. The molecule has 0 radical (unpaired) electrons. The Kier molecular flexibility index (Phi) is 6.72. The van der Waals surface area contributed by atoms with Crippen LogP contribution in [0.3, 0.4) is 0 Å². The average molecular weight is 293 g/mol. The number of amides is 1. The molecule has 1 unspecified atom stereocenters. The highest BCUT2D eigenvalue weighted by molar-refractivity contribution is 5.89. The monoisotopic (exact) mass is 293 g/mol. The molecule has 1 aromatic rings. The summed E-state index contributed by atoms with van der Waals surface area (Å²) in [5.74, 6) is -0.638. The Hall–Kier alpha value is -2.04. The third-order valence-electron chi connectivity index (χ3n) is 3.19. The van der Waals surface area contributed by atoms with Gasteiger partial charge in [-0.1, -0.05) is 19.8 Å². The van der Waals surface area contributed by atoms with Gasteiger partial charge in [0.15, 0.2) is 6.10 Å². The number of hydrogen-bond acceptors (Lipinski definition) is 3. The molecule has 0 fully saturated rings. The van der Waals surface area contributed by atoms with Crippen LogP contribution in [0.4, 0.5) is 0 Å². The Morgan fingerprint density at radius 1 is 1.33 bits per heavy atom. The van der Waals surface area contributed by atoms with Gasteiger partial charge in [0.2, 0.25) is 0 Å². The maximum atomic E-state index is 11.8. The number of nitrogens with one attached hydrogen (secondary N) is 1. The molecule has 0 aliphatic heterocycles. The summed E-state index contributed by atoms with van der Waals surface area (Å²) in [5.41, 5.74) is 0.842. The summed E-state index contributed by atoms with van der Waals surface area (Å²) in [5, 5.41) is 11.8. The number of benzene rings is 1. The molecule has 1 atom stereocenters. The van der Waals surface area contributed by atoms with E-state index in [1.54, 1.807) is 26.0 Å². The van der Waals surface area contributed by atoms with Crippen LogP contribution in [-0.2, 0) is 4.79 Å². The molecule has 1 aromatic carbocycles. The lowest BCUT2D eigenvalue weighted by molar-refractivity contribution is -0.127. The molecule has 5 heteroatoms. The minimum atomic E-state index is -0.972. The number of hydrogen-bond donors (Lipinski definition) is 2. The summed E-state index contributed by atoms with van der Waals surface area (Å²) < 4.78 is 5.54. The maximum absolute atomic E-state index is 11.8. The Labute approximate surface area is 125 Å². The summed E-state index contributed by atoms with van der Waals surface area (Å²) in [7, 11) is 0. The van der Waals surface area contributed by atoms with Gasteiger partial charge in [0.25, 0.3) is 5.91 Å². The molecule has 21 heavy (non-hydrogen) atoms. The first-order chi connectivity index (χ1) is 9.95. The predicted molar refractivity (Wildman–Crippen MR) is 80.8 cm³/mol. The molecule has 0 aliphatic carbocycles. The molecular weight excluding hydrogens is 270 g/mol. The number of carbonyl (C=O) groups is 2. The number of ether oxygens (including phenoxy) is 1. The summed E-state index contributed by atoms with van der Waals surface area (Å²) >= 11 is 0. The number of rotatable bonds is 8. The van der Waals surface area contributed by atoms with E-state index in [0.29, 0.717) is 17.9 Å². The lowest BCUT2D eigenvalue weighted by atomic mass is 10.1. The third kappa shape index (κ3) is 5.45. The van der Waals surface area contributed by atoms with E-state index < -0.39 is 12.1 Å². The van der Waals surface area contributed by atoms with Crippen molar-refractivity contribution in [3.05, 3.63) is 29.3 Å². The van der Waals surface area contributed by atoms with Gasteiger partial charge in [-0.05, 0) is 44.0 Å². The number of aryl methyl sites for hydroxylation is 1. The fourth-order valence-corrected chi connectivity index (χ4v) is 1.94. The molecule has 0 spiro atoms. The molecule has 0 bridgehead atoms. The van der Waals surface area contributed by atoms with E-state index >= 15 is 0 Å². The zero-order valence-electron chi connectivity index (χ0n) is 12.8. The predicted octanol–water partition coefficient (Wildman–Crippen LogP) is 2.77. The van der Waals surface area contributed by atoms with Gasteiger partial charge in [-0.15, -0.1) is 0 Å². The van der Waals surface area contributed by atoms with Crippen molar-refractivity contribution in [1.29, 1.82) is 0 Å². The Morgan fingerprint density at radius 3 is 2.62 bits per heavy atom. The van der Waals surface area contributed by atoms with Gasteiger partial charge in [-0.3, -0.25) is 4.79 Å². The second kappa shape index (κ2) is 8.29. The van der Waals surface area contributed by atoms with Gasteiger partial charge >= 0.3 is 5.97 Å². The van der Waals surface area contributed by atoms with Crippen LogP contribution in [0.2, 0.25) is 0 Å². The van der Waals surface area contributed by atoms with Crippen molar-refractivity contribution in [3.63, 3.8) is 0 Å². The van der Waals surface area contributed by atoms with E-state index in [4.69, 9.17) is 9.84 Å². The van der Waals surface area contributed by atoms with Crippen molar-refractivity contribution in [3.8, 4) is 5.75 Å². The second-order valence-corrected chi connectivity index (χ2v) is 5.04. The smallest absolute Gasteiger partial charge is 0.335 e. The summed E-state index contributed by atoms with van der Waals surface area (Å²) in [6.45, 7) is 6.13. The van der Waals surface area contributed by atoms with Crippen molar-refractivity contribution in [2.45, 2.75) is 46.1 Å². The van der Waals surface area contributed by atoms with Crippen molar-refractivity contribution in [2.24, 2.45) is 0 Å². The first-order valence-electron chi connectivity index (χ1n) is 7.24. The highest BCUT2D eigenvalue weighted by Crippen LogP contribution is 2.18. The maximum Gasteiger partial charge on any atom is 0.335 e. The molecule has 5 nitrogen and oxygen atoms in total. The van der Waals surface area contributed by atoms with Gasteiger partial charge in [-0.2, -0.15) is 0 Å². The first-order valence-corrected chi connectivity index (χ1v) is 7.24. The average Bonchev–Trinajstić information content (AvgIpc) is 2.43. The van der Waals surface area contributed by atoms with Crippen LogP contribution in [0.1, 0.15) is 49.0 Å². The number of unbranched alkanes of at least 4 members (excludes halogenated alkanes) is 2. The molecule has 0 aliphatic rings. The van der Waals surface area contributed by atoms with Gasteiger partial charge in [0, 0.05) is 6.54 Å². The van der Waals surface area contributed by atoms with E-state index in [-0.39, 0.29) is 11.5 Å². The van der Waals surface area contributed by atoms with E-state index in [2.05, 4.69) is 12.2 Å². The topological polar surface area (TPSA) is 75.6 Å². The number of aromatic carboxylic acids is 1. The third-order valence-corrected chi connectivity index (χ3v) is 3.19. The number of carboxylic acid groups (broad SMARTS) is 1. The lowest BCUT2D eigenvalue weighted by Gasteiger charge is -2.15. The summed E-state index contributed by atoms with van der Waals surface area (Å²) in [6.07, 6.45) is 2.55. The Morgan fingerprint density at radius 2 is 2.05 bits per heavy atom. The van der Waals surface area contributed by atoms with Crippen molar-refractivity contribution >= 4 is 11.9 Å². The lowest BCUT2D eigenvalue weighted by Crippen LogP contribution is -2.36. The Balaban J connectivity index is 2.54. The molecule has 0 heterocycles. The molecule has 0 saturated carbocycles. The summed E-state index contributed by atoms with van der Waals surface area (Å²) in [6, 6.07) is 4.68. The number of carboxylic acids is 1. The summed E-state index contributed by atoms with van der Waals surface area (Å²) in [4.78, 5) is 22.8. The quantitative estimate of drug-likeness (QED) is 0.723. The van der Waals surface area contributed by atoms with Crippen LogP contribution in [0.25, 0.3) is 0 Å². The van der Waals surface area contributed by atoms with Crippen LogP contribution >= 0.6 is 0 Å². The van der Waals surface area contributed by atoms with Crippen LogP contribution in [0.15, 0.2) is 18.2 Å². The van der Waals surface area contributed by atoms with Gasteiger partial charge in [0.1, 0.15) is 5.75 Å². The molecule has 0 saturated heterocycles. The van der Waals surface area contributed by atoms with Gasteiger partial charge < -0.3 is 15.2 Å². The van der Waals surface area contributed by atoms with Crippen LogP contribution in [-0.4, -0.2) is 29.6 Å². The van der Waals surface area contributed by atoms with Gasteiger partial charge in [0.05, 0.1) is 5.56 Å². The molecule has 0 aromatic heterocycles. The number of carbonyl (C=O) groups excluding carboxylic acids is 1. The molecule has 2 N–H and O–H groups in total. The largest absolute Gasteiger partial charge is 0.481 e. The van der Waals surface area contributed by atoms with E-state index in [1.165, 1.54) is 6.07 Å². The van der Waals surface area contributed by atoms with Crippen LogP contribution < -0.4 is 10.1 Å². The van der Waals surface area contributed by atoms with Gasteiger partial charge in [-0.25, -0.2) is 4.79 Å². The standard InChI is InChI=1S/C16H23NO4/c1-4-5-6-9-17-15(18)12(3)21-13-7-8-14(16(19)20)11(2)10-13/h7-8,10,12H,4-6,9H2,1-3H3,(H,17,18)(H,19,20). The van der Waals surface area contributed by atoms with E-state index in [9.17, 15) is 9.59 Å². The SMILES string of the molecule is CCCCCNC(=O)C(C)Oc1ccc(C(=O)O)c(C)c1. The minimum Gasteiger partial charge on any atom is -0.481 e.